The minimum absolute atomic E-state index is 0.00309. The van der Waals surface area contributed by atoms with Crippen molar-refractivity contribution in [3.8, 4) is 0 Å². The SMILES string of the molecule is CC(=O)N1CCN(C(=O)CC(c2cccc(C(F)(F)F)c2)c2cnc3c(C)cccn23)CC1. The Morgan fingerprint density at radius 3 is 2.42 bits per heavy atom. The molecule has 1 aromatic carbocycles. The summed E-state index contributed by atoms with van der Waals surface area (Å²) in [7, 11) is 0. The van der Waals surface area contributed by atoms with Gasteiger partial charge in [-0.05, 0) is 30.2 Å². The van der Waals surface area contributed by atoms with Crippen LogP contribution in [0.3, 0.4) is 0 Å². The van der Waals surface area contributed by atoms with Crippen LogP contribution in [-0.4, -0.2) is 57.2 Å². The largest absolute Gasteiger partial charge is 0.416 e. The fourth-order valence-corrected chi connectivity index (χ4v) is 4.33. The van der Waals surface area contributed by atoms with Crippen LogP contribution in [0.25, 0.3) is 5.65 Å². The number of piperazine rings is 1. The second kappa shape index (κ2) is 8.88. The zero-order chi connectivity index (χ0) is 23.8. The molecule has 33 heavy (non-hydrogen) atoms. The number of amides is 2. The molecule has 0 spiro atoms. The Morgan fingerprint density at radius 2 is 1.76 bits per heavy atom. The van der Waals surface area contributed by atoms with E-state index in [4.69, 9.17) is 0 Å². The van der Waals surface area contributed by atoms with Gasteiger partial charge in [-0.1, -0.05) is 24.3 Å². The van der Waals surface area contributed by atoms with Crippen LogP contribution < -0.4 is 0 Å². The Morgan fingerprint density at radius 1 is 1.06 bits per heavy atom. The second-order valence-electron chi connectivity index (χ2n) is 8.33. The molecular weight excluding hydrogens is 433 g/mol. The number of rotatable bonds is 4. The van der Waals surface area contributed by atoms with E-state index in [9.17, 15) is 22.8 Å². The number of aromatic nitrogens is 2. The summed E-state index contributed by atoms with van der Waals surface area (Å²) in [5.41, 5.74) is 1.94. The van der Waals surface area contributed by atoms with Gasteiger partial charge in [0.15, 0.2) is 0 Å². The van der Waals surface area contributed by atoms with Crippen molar-refractivity contribution in [2.45, 2.75) is 32.4 Å². The van der Waals surface area contributed by atoms with Crippen molar-refractivity contribution in [2.24, 2.45) is 0 Å². The zero-order valence-electron chi connectivity index (χ0n) is 18.5. The Labute approximate surface area is 189 Å². The maximum Gasteiger partial charge on any atom is 0.416 e. The molecule has 0 aliphatic carbocycles. The third-order valence-corrected chi connectivity index (χ3v) is 6.19. The van der Waals surface area contributed by atoms with Crippen molar-refractivity contribution in [1.82, 2.24) is 19.2 Å². The first-order valence-corrected chi connectivity index (χ1v) is 10.8. The predicted octanol–water partition coefficient (Wildman–Crippen LogP) is 3.87. The van der Waals surface area contributed by atoms with Crippen molar-refractivity contribution in [2.75, 3.05) is 26.2 Å². The molecule has 0 bridgehead atoms. The van der Waals surface area contributed by atoms with E-state index < -0.39 is 17.7 Å². The number of carbonyl (C=O) groups excluding carboxylic acids is 2. The lowest BCUT2D eigenvalue weighted by atomic mass is 9.90. The minimum atomic E-state index is -4.48. The molecule has 9 heteroatoms. The van der Waals surface area contributed by atoms with Gasteiger partial charge in [0, 0.05) is 57.8 Å². The Kier molecular flexibility index (Phi) is 6.14. The number of nitrogens with zero attached hydrogens (tertiary/aromatic N) is 4. The predicted molar refractivity (Wildman–Crippen MR) is 117 cm³/mol. The lowest BCUT2D eigenvalue weighted by Crippen LogP contribution is -2.50. The monoisotopic (exact) mass is 458 g/mol. The number of pyridine rings is 1. The van der Waals surface area contributed by atoms with Gasteiger partial charge in [0.25, 0.3) is 0 Å². The highest BCUT2D eigenvalue weighted by atomic mass is 19.4. The minimum Gasteiger partial charge on any atom is -0.339 e. The van der Waals surface area contributed by atoms with E-state index >= 15 is 0 Å². The standard InChI is InChI=1S/C24H25F3N4O2/c1-16-5-4-8-31-21(15-28-23(16)31)20(18-6-3-7-19(13-18)24(25,26)27)14-22(33)30-11-9-29(10-12-30)17(2)32/h3-8,13,15,20H,9-12,14H2,1-2H3. The van der Waals surface area contributed by atoms with Crippen LogP contribution >= 0.6 is 0 Å². The van der Waals surface area contributed by atoms with Crippen LogP contribution in [0.4, 0.5) is 13.2 Å². The third-order valence-electron chi connectivity index (χ3n) is 6.19. The molecule has 0 N–H and O–H groups in total. The first-order valence-electron chi connectivity index (χ1n) is 10.8. The zero-order valence-corrected chi connectivity index (χ0v) is 18.5. The summed E-state index contributed by atoms with van der Waals surface area (Å²) in [4.78, 5) is 32.6. The molecule has 1 aliphatic rings. The van der Waals surface area contributed by atoms with E-state index in [-0.39, 0.29) is 18.2 Å². The van der Waals surface area contributed by atoms with Crippen LogP contribution in [-0.2, 0) is 15.8 Å². The van der Waals surface area contributed by atoms with Gasteiger partial charge in [-0.2, -0.15) is 13.2 Å². The molecule has 1 atom stereocenters. The van der Waals surface area contributed by atoms with Gasteiger partial charge in [0.05, 0.1) is 11.3 Å². The number of carbonyl (C=O) groups is 2. The van der Waals surface area contributed by atoms with Crippen LogP contribution in [0.15, 0.2) is 48.8 Å². The molecule has 0 radical (unpaired) electrons. The maximum absolute atomic E-state index is 13.4. The fourth-order valence-electron chi connectivity index (χ4n) is 4.33. The smallest absolute Gasteiger partial charge is 0.339 e. The maximum atomic E-state index is 13.4. The number of fused-ring (bicyclic) bond motifs is 1. The van der Waals surface area contributed by atoms with E-state index in [0.717, 1.165) is 17.7 Å². The molecule has 0 saturated carbocycles. The fraction of sp³-hybridized carbons (Fsp3) is 0.375. The molecule has 1 fully saturated rings. The lowest BCUT2D eigenvalue weighted by Gasteiger charge is -2.35. The quantitative estimate of drug-likeness (QED) is 0.597. The molecule has 2 aromatic heterocycles. The molecule has 3 aromatic rings. The van der Waals surface area contributed by atoms with Crippen molar-refractivity contribution in [1.29, 1.82) is 0 Å². The lowest BCUT2D eigenvalue weighted by molar-refractivity contribution is -0.138. The first-order chi connectivity index (χ1) is 15.6. The summed E-state index contributed by atoms with van der Waals surface area (Å²) in [6, 6.07) is 8.89. The molecule has 1 aliphatic heterocycles. The first kappa shape index (κ1) is 22.8. The van der Waals surface area contributed by atoms with Crippen LogP contribution in [0.1, 0.15) is 41.6 Å². The number of aryl methyl sites for hydroxylation is 1. The normalized spacial score (nSPS) is 15.7. The Bertz CT molecular complexity index is 1180. The molecule has 1 saturated heterocycles. The number of benzene rings is 1. The molecule has 1 unspecified atom stereocenters. The van der Waals surface area contributed by atoms with Crippen LogP contribution in [0, 0.1) is 6.92 Å². The molecule has 6 nitrogen and oxygen atoms in total. The van der Waals surface area contributed by atoms with E-state index in [1.165, 1.54) is 13.0 Å². The van der Waals surface area contributed by atoms with Gasteiger partial charge in [-0.25, -0.2) is 4.98 Å². The van der Waals surface area contributed by atoms with E-state index in [2.05, 4.69) is 4.98 Å². The van der Waals surface area contributed by atoms with Gasteiger partial charge in [-0.15, -0.1) is 0 Å². The number of hydrogen-bond acceptors (Lipinski definition) is 3. The summed E-state index contributed by atoms with van der Waals surface area (Å²) in [5.74, 6) is -0.810. The highest BCUT2D eigenvalue weighted by Gasteiger charge is 2.33. The van der Waals surface area contributed by atoms with Crippen molar-refractivity contribution in [3.05, 3.63) is 71.2 Å². The summed E-state index contributed by atoms with van der Waals surface area (Å²) in [6.07, 6.45) is -1.04. The molecular formula is C24H25F3N4O2. The number of halogens is 3. The number of hydrogen-bond donors (Lipinski definition) is 0. The summed E-state index contributed by atoms with van der Waals surface area (Å²) < 4.78 is 42.1. The van der Waals surface area contributed by atoms with Gasteiger partial charge in [-0.3, -0.25) is 9.59 Å². The molecule has 3 heterocycles. The van der Waals surface area contributed by atoms with E-state index in [1.807, 2.05) is 23.5 Å². The van der Waals surface area contributed by atoms with Gasteiger partial charge >= 0.3 is 6.18 Å². The average Bonchev–Trinajstić information content (AvgIpc) is 3.22. The van der Waals surface area contributed by atoms with Crippen molar-refractivity contribution in [3.63, 3.8) is 0 Å². The van der Waals surface area contributed by atoms with Crippen LogP contribution in [0.5, 0.6) is 0 Å². The second-order valence-corrected chi connectivity index (χ2v) is 8.33. The highest BCUT2D eigenvalue weighted by molar-refractivity contribution is 5.79. The summed E-state index contributed by atoms with van der Waals surface area (Å²) in [5, 5.41) is 0. The highest BCUT2D eigenvalue weighted by Crippen LogP contribution is 2.35. The third kappa shape index (κ3) is 4.72. The van der Waals surface area contributed by atoms with E-state index in [0.29, 0.717) is 43.1 Å². The Balaban J connectivity index is 1.69. The van der Waals surface area contributed by atoms with E-state index in [1.54, 1.807) is 28.3 Å². The Hall–Kier alpha value is -3.36. The van der Waals surface area contributed by atoms with Gasteiger partial charge < -0.3 is 14.2 Å². The summed E-state index contributed by atoms with van der Waals surface area (Å²) in [6.45, 7) is 5.10. The number of alkyl halides is 3. The van der Waals surface area contributed by atoms with Crippen molar-refractivity contribution < 1.29 is 22.8 Å². The van der Waals surface area contributed by atoms with Crippen LogP contribution in [0.2, 0.25) is 0 Å². The average molecular weight is 458 g/mol. The number of imidazole rings is 1. The van der Waals surface area contributed by atoms with Gasteiger partial charge in [0.1, 0.15) is 5.65 Å². The van der Waals surface area contributed by atoms with Gasteiger partial charge in [0.2, 0.25) is 11.8 Å². The topological polar surface area (TPSA) is 57.9 Å². The molecule has 4 rings (SSSR count). The van der Waals surface area contributed by atoms with Crippen molar-refractivity contribution >= 4 is 17.5 Å². The molecule has 2 amide bonds. The molecule has 174 valence electrons. The summed E-state index contributed by atoms with van der Waals surface area (Å²) >= 11 is 0.